The van der Waals surface area contributed by atoms with Crippen molar-refractivity contribution >= 4 is 40.9 Å². The zero-order chi connectivity index (χ0) is 13.1. The minimum atomic E-state index is -0.407. The normalized spacial score (nSPS) is 16.8. The van der Waals surface area contributed by atoms with Gasteiger partial charge in [0.2, 0.25) is 5.91 Å². The van der Waals surface area contributed by atoms with Crippen molar-refractivity contribution < 1.29 is 14.3 Å². The van der Waals surface area contributed by atoms with Crippen LogP contribution in [0.25, 0.3) is 0 Å². The standard InChI is InChI=1S/C11H15N3O3S.ClH/c1-6(15)12-10-14-8-4-3-7(5-9(8)18-10)13-11(16)17-2;/h7H,3-5H2,1-2H3,(H,13,16)(H,12,14,15);1H/t7-;/m1./s1. The minimum absolute atomic E-state index is 0. The van der Waals surface area contributed by atoms with Crippen molar-refractivity contribution in [1.29, 1.82) is 0 Å². The van der Waals surface area contributed by atoms with Gasteiger partial charge in [-0.2, -0.15) is 0 Å². The Labute approximate surface area is 121 Å². The third kappa shape index (κ3) is 4.07. The lowest BCUT2D eigenvalue weighted by Gasteiger charge is -2.21. The van der Waals surface area contributed by atoms with Crippen molar-refractivity contribution in [3.05, 3.63) is 10.6 Å². The number of thiazole rings is 1. The Morgan fingerprint density at radius 1 is 1.47 bits per heavy atom. The number of ether oxygens (including phenoxy) is 1. The summed E-state index contributed by atoms with van der Waals surface area (Å²) in [6, 6.07) is 0.0792. The molecule has 2 N–H and O–H groups in total. The number of aryl methyl sites for hydroxylation is 1. The van der Waals surface area contributed by atoms with Crippen LogP contribution >= 0.6 is 23.7 Å². The van der Waals surface area contributed by atoms with Crippen molar-refractivity contribution in [3.8, 4) is 0 Å². The van der Waals surface area contributed by atoms with Gasteiger partial charge in [-0.25, -0.2) is 9.78 Å². The Morgan fingerprint density at radius 3 is 2.84 bits per heavy atom. The SMILES string of the molecule is COC(=O)N[C@@H]1CCc2nc(NC(C)=O)sc2C1.Cl. The fraction of sp³-hybridized carbons (Fsp3) is 0.545. The molecule has 0 radical (unpaired) electrons. The lowest BCUT2D eigenvalue weighted by atomic mass is 9.98. The highest BCUT2D eigenvalue weighted by Gasteiger charge is 2.24. The number of nitrogens with zero attached hydrogens (tertiary/aromatic N) is 1. The van der Waals surface area contributed by atoms with Crippen LogP contribution in [0.15, 0.2) is 0 Å². The summed E-state index contributed by atoms with van der Waals surface area (Å²) in [6.07, 6.45) is 1.97. The number of hydrogen-bond donors (Lipinski definition) is 2. The number of anilines is 1. The number of aromatic nitrogens is 1. The largest absolute Gasteiger partial charge is 0.453 e. The molecule has 1 heterocycles. The van der Waals surface area contributed by atoms with E-state index in [2.05, 4.69) is 20.4 Å². The fourth-order valence-corrected chi connectivity index (χ4v) is 3.06. The van der Waals surface area contributed by atoms with Crippen LogP contribution < -0.4 is 10.6 Å². The number of rotatable bonds is 2. The maximum absolute atomic E-state index is 11.1. The van der Waals surface area contributed by atoms with E-state index in [0.717, 1.165) is 29.8 Å². The average molecular weight is 306 g/mol. The lowest BCUT2D eigenvalue weighted by Crippen LogP contribution is -2.38. The highest BCUT2D eigenvalue weighted by Crippen LogP contribution is 2.29. The molecule has 106 valence electrons. The van der Waals surface area contributed by atoms with Crippen LogP contribution in [0.2, 0.25) is 0 Å². The van der Waals surface area contributed by atoms with E-state index in [1.165, 1.54) is 25.4 Å². The fourth-order valence-electron chi connectivity index (χ4n) is 1.93. The van der Waals surface area contributed by atoms with Gasteiger partial charge in [0, 0.05) is 24.3 Å². The second-order valence-corrected chi connectivity index (χ2v) is 5.23. The smallest absolute Gasteiger partial charge is 0.407 e. The van der Waals surface area contributed by atoms with Gasteiger partial charge in [0.05, 0.1) is 12.8 Å². The Hall–Kier alpha value is -1.34. The van der Waals surface area contributed by atoms with Gasteiger partial charge in [-0.1, -0.05) is 0 Å². The van der Waals surface area contributed by atoms with Crippen LogP contribution in [0.3, 0.4) is 0 Å². The summed E-state index contributed by atoms with van der Waals surface area (Å²) in [6.45, 7) is 1.46. The van der Waals surface area contributed by atoms with Gasteiger partial charge >= 0.3 is 6.09 Å². The molecule has 0 unspecified atom stereocenters. The highest BCUT2D eigenvalue weighted by molar-refractivity contribution is 7.15. The zero-order valence-corrected chi connectivity index (χ0v) is 12.3. The second-order valence-electron chi connectivity index (χ2n) is 4.15. The first-order chi connectivity index (χ1) is 8.58. The molecule has 0 aromatic carbocycles. The molecule has 1 aromatic rings. The predicted molar refractivity (Wildman–Crippen MR) is 75.0 cm³/mol. The molecule has 1 aromatic heterocycles. The van der Waals surface area contributed by atoms with Crippen LogP contribution in [0, 0.1) is 0 Å². The molecule has 8 heteroatoms. The maximum atomic E-state index is 11.1. The zero-order valence-electron chi connectivity index (χ0n) is 10.7. The molecule has 0 fully saturated rings. The maximum Gasteiger partial charge on any atom is 0.407 e. The average Bonchev–Trinajstić information content (AvgIpc) is 2.69. The van der Waals surface area contributed by atoms with Crippen LogP contribution in [-0.4, -0.2) is 30.1 Å². The summed E-state index contributed by atoms with van der Waals surface area (Å²) >= 11 is 1.47. The van der Waals surface area contributed by atoms with Gasteiger partial charge in [0.1, 0.15) is 0 Å². The molecule has 0 bridgehead atoms. The molecule has 2 rings (SSSR count). The first kappa shape index (κ1) is 15.7. The molecule has 1 aliphatic carbocycles. The quantitative estimate of drug-likeness (QED) is 0.872. The molecule has 0 saturated carbocycles. The van der Waals surface area contributed by atoms with Gasteiger partial charge in [0.15, 0.2) is 5.13 Å². The van der Waals surface area contributed by atoms with E-state index < -0.39 is 6.09 Å². The van der Waals surface area contributed by atoms with Gasteiger partial charge in [-0.05, 0) is 12.8 Å². The molecule has 0 aliphatic heterocycles. The molecular formula is C11H16ClN3O3S. The molecule has 1 atom stereocenters. The van der Waals surface area contributed by atoms with Crippen LogP contribution in [0.4, 0.5) is 9.93 Å². The Balaban J connectivity index is 0.00000180. The van der Waals surface area contributed by atoms with Gasteiger partial charge < -0.3 is 15.4 Å². The van der Waals surface area contributed by atoms with Crippen LogP contribution in [-0.2, 0) is 22.4 Å². The summed E-state index contributed by atoms with van der Waals surface area (Å²) in [7, 11) is 1.35. The van der Waals surface area contributed by atoms with Crippen molar-refractivity contribution in [1.82, 2.24) is 10.3 Å². The van der Waals surface area contributed by atoms with E-state index in [1.54, 1.807) is 0 Å². The molecule has 1 aliphatic rings. The number of fused-ring (bicyclic) bond motifs is 1. The third-order valence-corrected chi connectivity index (χ3v) is 3.77. The van der Waals surface area contributed by atoms with Crippen molar-refractivity contribution in [2.75, 3.05) is 12.4 Å². The number of nitrogens with one attached hydrogen (secondary N) is 2. The number of amides is 2. The van der Waals surface area contributed by atoms with E-state index in [-0.39, 0.29) is 24.4 Å². The van der Waals surface area contributed by atoms with Gasteiger partial charge in [0.25, 0.3) is 0 Å². The molecule has 19 heavy (non-hydrogen) atoms. The second kappa shape index (κ2) is 6.72. The van der Waals surface area contributed by atoms with Gasteiger partial charge in [-0.15, -0.1) is 23.7 Å². The van der Waals surface area contributed by atoms with Crippen LogP contribution in [0.1, 0.15) is 23.9 Å². The number of hydrogen-bond acceptors (Lipinski definition) is 5. The Kier molecular flexibility index (Phi) is 5.56. The summed E-state index contributed by atoms with van der Waals surface area (Å²) < 4.78 is 4.58. The summed E-state index contributed by atoms with van der Waals surface area (Å²) in [5, 5.41) is 6.11. The Morgan fingerprint density at radius 2 is 2.21 bits per heavy atom. The van der Waals surface area contributed by atoms with E-state index in [1.807, 2.05) is 0 Å². The number of carbonyl (C=O) groups is 2. The topological polar surface area (TPSA) is 80.3 Å². The number of alkyl carbamates (subject to hydrolysis) is 1. The molecule has 6 nitrogen and oxygen atoms in total. The monoisotopic (exact) mass is 305 g/mol. The first-order valence-corrected chi connectivity index (χ1v) is 6.50. The highest BCUT2D eigenvalue weighted by atomic mass is 35.5. The molecule has 2 amide bonds. The van der Waals surface area contributed by atoms with E-state index >= 15 is 0 Å². The van der Waals surface area contributed by atoms with Crippen LogP contribution in [0.5, 0.6) is 0 Å². The van der Waals surface area contributed by atoms with Crippen molar-refractivity contribution in [2.45, 2.75) is 32.2 Å². The summed E-state index contributed by atoms with van der Waals surface area (Å²) in [5.74, 6) is -0.120. The molecular weight excluding hydrogens is 290 g/mol. The van der Waals surface area contributed by atoms with Crippen molar-refractivity contribution in [2.24, 2.45) is 0 Å². The molecule has 0 saturated heterocycles. The van der Waals surface area contributed by atoms with Crippen molar-refractivity contribution in [3.63, 3.8) is 0 Å². The minimum Gasteiger partial charge on any atom is -0.453 e. The van der Waals surface area contributed by atoms with Gasteiger partial charge in [-0.3, -0.25) is 4.79 Å². The first-order valence-electron chi connectivity index (χ1n) is 5.69. The van der Waals surface area contributed by atoms with E-state index in [0.29, 0.717) is 5.13 Å². The number of carbonyl (C=O) groups excluding carboxylic acids is 2. The summed E-state index contributed by atoms with van der Waals surface area (Å²) in [5.41, 5.74) is 1.02. The number of halogens is 1. The van der Waals surface area contributed by atoms with E-state index in [9.17, 15) is 9.59 Å². The number of methoxy groups -OCH3 is 1. The summed E-state index contributed by atoms with van der Waals surface area (Å²) in [4.78, 5) is 27.6. The predicted octanol–water partition coefficient (Wildman–Crippen LogP) is 1.74. The van der Waals surface area contributed by atoms with E-state index in [4.69, 9.17) is 0 Å². The molecule has 0 spiro atoms. The Bertz CT molecular complexity index is 478. The lowest BCUT2D eigenvalue weighted by molar-refractivity contribution is -0.114. The third-order valence-electron chi connectivity index (χ3n) is 2.73.